The number of nitrogens with one attached hydrogen (secondary N) is 1. The van der Waals surface area contributed by atoms with Crippen molar-refractivity contribution in [2.24, 2.45) is 0 Å². The van der Waals surface area contributed by atoms with Gasteiger partial charge in [0.1, 0.15) is 16.6 Å². The number of nitro groups is 1. The maximum atomic E-state index is 10.8. The second-order valence-corrected chi connectivity index (χ2v) is 4.98. The molecule has 0 fully saturated rings. The highest BCUT2D eigenvalue weighted by molar-refractivity contribution is 6.36. The van der Waals surface area contributed by atoms with Crippen LogP contribution in [0.2, 0.25) is 10.0 Å². The van der Waals surface area contributed by atoms with Gasteiger partial charge >= 0.3 is 0 Å². The third-order valence-electron chi connectivity index (χ3n) is 2.71. The van der Waals surface area contributed by atoms with E-state index in [9.17, 15) is 10.1 Å². The molecule has 0 unspecified atom stereocenters. The second kappa shape index (κ2) is 6.15. The summed E-state index contributed by atoms with van der Waals surface area (Å²) in [5, 5.41) is 14.2. The Labute approximate surface area is 130 Å². The molecule has 0 saturated heterocycles. The average Bonchev–Trinajstić information content (AvgIpc) is 2.41. The van der Waals surface area contributed by atoms with Crippen molar-refractivity contribution >= 4 is 34.7 Å². The van der Waals surface area contributed by atoms with Crippen molar-refractivity contribution in [3.8, 4) is 11.6 Å². The van der Waals surface area contributed by atoms with Crippen LogP contribution >= 0.6 is 23.2 Å². The first-order valence-electron chi connectivity index (χ1n) is 5.89. The lowest BCUT2D eigenvalue weighted by molar-refractivity contribution is -0.385. The van der Waals surface area contributed by atoms with E-state index in [1.54, 1.807) is 20.0 Å². The van der Waals surface area contributed by atoms with Gasteiger partial charge in [-0.15, -0.1) is 0 Å². The number of benzene rings is 1. The van der Waals surface area contributed by atoms with E-state index < -0.39 is 4.92 Å². The monoisotopic (exact) mass is 327 g/mol. The van der Waals surface area contributed by atoms with Crippen molar-refractivity contribution in [1.82, 2.24) is 4.98 Å². The first-order valence-corrected chi connectivity index (χ1v) is 6.64. The molecule has 8 heteroatoms. The van der Waals surface area contributed by atoms with Crippen molar-refractivity contribution in [3.63, 3.8) is 0 Å². The summed E-state index contributed by atoms with van der Waals surface area (Å²) < 4.78 is 5.56. The van der Waals surface area contributed by atoms with Gasteiger partial charge in [-0.1, -0.05) is 23.2 Å². The van der Waals surface area contributed by atoms with Crippen LogP contribution in [0.3, 0.4) is 0 Å². The van der Waals surface area contributed by atoms with Crippen molar-refractivity contribution in [2.75, 3.05) is 12.4 Å². The van der Waals surface area contributed by atoms with E-state index in [0.29, 0.717) is 22.2 Å². The van der Waals surface area contributed by atoms with Gasteiger partial charge in [0, 0.05) is 18.7 Å². The minimum absolute atomic E-state index is 0.0217. The highest BCUT2D eigenvalue weighted by atomic mass is 35.5. The maximum absolute atomic E-state index is 10.8. The maximum Gasteiger partial charge on any atom is 0.272 e. The Hall–Kier alpha value is -2.05. The van der Waals surface area contributed by atoms with Gasteiger partial charge in [-0.3, -0.25) is 10.1 Å². The number of aryl methyl sites for hydroxylation is 1. The van der Waals surface area contributed by atoms with Crippen molar-refractivity contribution < 1.29 is 9.66 Å². The van der Waals surface area contributed by atoms with E-state index in [0.717, 1.165) is 0 Å². The number of hydrogen-bond donors (Lipinski definition) is 1. The minimum Gasteiger partial charge on any atom is -0.437 e. The number of nitro benzene ring substituents is 1. The zero-order valence-electron chi connectivity index (χ0n) is 11.2. The zero-order valence-corrected chi connectivity index (χ0v) is 12.7. The van der Waals surface area contributed by atoms with Crippen molar-refractivity contribution in [3.05, 3.63) is 50.0 Å². The van der Waals surface area contributed by atoms with Gasteiger partial charge in [-0.2, -0.15) is 4.98 Å². The normalized spacial score (nSPS) is 10.3. The van der Waals surface area contributed by atoms with E-state index in [1.165, 1.54) is 18.2 Å². The first-order chi connectivity index (χ1) is 9.92. The molecule has 0 aliphatic rings. The Kier molecular flexibility index (Phi) is 4.50. The third kappa shape index (κ3) is 3.34. The van der Waals surface area contributed by atoms with Crippen LogP contribution in [0.15, 0.2) is 24.3 Å². The molecule has 0 aliphatic heterocycles. The van der Waals surface area contributed by atoms with Crippen LogP contribution in [0.5, 0.6) is 11.6 Å². The molecule has 1 aromatic carbocycles. The van der Waals surface area contributed by atoms with Gasteiger partial charge < -0.3 is 10.1 Å². The molecule has 0 atom stereocenters. The van der Waals surface area contributed by atoms with Gasteiger partial charge in [0.15, 0.2) is 0 Å². The van der Waals surface area contributed by atoms with Crippen LogP contribution in [0.25, 0.3) is 0 Å². The largest absolute Gasteiger partial charge is 0.437 e. The van der Waals surface area contributed by atoms with E-state index in [2.05, 4.69) is 10.3 Å². The molecule has 0 spiro atoms. The fourth-order valence-electron chi connectivity index (χ4n) is 1.70. The molecule has 21 heavy (non-hydrogen) atoms. The topological polar surface area (TPSA) is 77.3 Å². The van der Waals surface area contributed by atoms with Crippen LogP contribution in [0.4, 0.5) is 11.5 Å². The Morgan fingerprint density at radius 1 is 1.29 bits per heavy atom. The predicted molar refractivity (Wildman–Crippen MR) is 81.7 cm³/mol. The molecule has 2 rings (SSSR count). The molecule has 1 aromatic heterocycles. The van der Waals surface area contributed by atoms with Crippen LogP contribution in [-0.4, -0.2) is 17.0 Å². The third-order valence-corrected chi connectivity index (χ3v) is 3.27. The number of ether oxygens (including phenoxy) is 1. The van der Waals surface area contributed by atoms with Crippen LogP contribution in [-0.2, 0) is 0 Å². The summed E-state index contributed by atoms with van der Waals surface area (Å²) in [7, 11) is 1.67. The Morgan fingerprint density at radius 3 is 2.57 bits per heavy atom. The number of pyridine rings is 1. The molecule has 0 bridgehead atoms. The Morgan fingerprint density at radius 2 is 2.00 bits per heavy atom. The van der Waals surface area contributed by atoms with Crippen molar-refractivity contribution in [1.29, 1.82) is 0 Å². The summed E-state index contributed by atoms with van der Waals surface area (Å²) in [6.45, 7) is 1.63. The quantitative estimate of drug-likeness (QED) is 0.663. The molecule has 110 valence electrons. The predicted octanol–water partition coefficient (Wildman–Crippen LogP) is 4.44. The number of halogens is 2. The molecule has 1 heterocycles. The highest BCUT2D eigenvalue weighted by Crippen LogP contribution is 2.34. The van der Waals surface area contributed by atoms with Gasteiger partial charge in [0.25, 0.3) is 5.69 Å². The standard InChI is InChI=1S/C13H11Cl2N3O3/c1-7-5-8(3-4-11(7)18(19)20)21-13-10(15)6-9(14)12(16-2)17-13/h3-6H,1-2H3,(H,16,17). The zero-order chi connectivity index (χ0) is 15.6. The van der Waals surface area contributed by atoms with Gasteiger partial charge in [-0.05, 0) is 25.1 Å². The number of rotatable bonds is 4. The Bertz CT molecular complexity index is 707. The van der Waals surface area contributed by atoms with E-state index in [1.807, 2.05) is 0 Å². The highest BCUT2D eigenvalue weighted by Gasteiger charge is 2.14. The SMILES string of the molecule is CNc1nc(Oc2ccc([N+](=O)[O-])c(C)c2)c(Cl)cc1Cl. The number of anilines is 1. The average molecular weight is 328 g/mol. The van der Waals surface area contributed by atoms with Gasteiger partial charge in [0.05, 0.1) is 9.95 Å². The van der Waals surface area contributed by atoms with E-state index in [4.69, 9.17) is 27.9 Å². The molecule has 6 nitrogen and oxygen atoms in total. The molecule has 0 amide bonds. The van der Waals surface area contributed by atoms with Crippen LogP contribution in [0, 0.1) is 17.0 Å². The summed E-state index contributed by atoms with van der Waals surface area (Å²) in [5.41, 5.74) is 0.504. The molecular weight excluding hydrogens is 317 g/mol. The van der Waals surface area contributed by atoms with E-state index >= 15 is 0 Å². The van der Waals surface area contributed by atoms with Gasteiger partial charge in [-0.25, -0.2) is 0 Å². The molecule has 2 aromatic rings. The summed E-state index contributed by atoms with van der Waals surface area (Å²) in [6, 6.07) is 5.91. The van der Waals surface area contributed by atoms with E-state index in [-0.39, 0.29) is 16.6 Å². The van der Waals surface area contributed by atoms with Crippen LogP contribution < -0.4 is 10.1 Å². The summed E-state index contributed by atoms with van der Waals surface area (Å²) in [6.07, 6.45) is 0. The fraction of sp³-hybridized carbons (Fsp3) is 0.154. The minimum atomic E-state index is -0.453. The molecule has 0 radical (unpaired) electrons. The smallest absolute Gasteiger partial charge is 0.272 e. The summed E-state index contributed by atoms with van der Waals surface area (Å²) in [4.78, 5) is 14.5. The van der Waals surface area contributed by atoms with Crippen LogP contribution in [0.1, 0.15) is 5.56 Å². The fourth-order valence-corrected chi connectivity index (χ4v) is 2.20. The first kappa shape index (κ1) is 15.3. The molecule has 1 N–H and O–H groups in total. The summed E-state index contributed by atoms with van der Waals surface area (Å²) in [5.74, 6) is 0.991. The number of aromatic nitrogens is 1. The second-order valence-electron chi connectivity index (χ2n) is 4.16. The molecule has 0 saturated carbocycles. The molecule has 0 aliphatic carbocycles. The number of hydrogen-bond acceptors (Lipinski definition) is 5. The summed E-state index contributed by atoms with van der Waals surface area (Å²) >= 11 is 12.0. The van der Waals surface area contributed by atoms with Crippen molar-refractivity contribution in [2.45, 2.75) is 6.92 Å². The lowest BCUT2D eigenvalue weighted by atomic mass is 10.2. The Balaban J connectivity index is 2.34. The molecular formula is C13H11Cl2N3O3. The lowest BCUT2D eigenvalue weighted by Gasteiger charge is -2.10. The lowest BCUT2D eigenvalue weighted by Crippen LogP contribution is -1.97. The number of nitrogens with zero attached hydrogens (tertiary/aromatic N) is 2. The van der Waals surface area contributed by atoms with Gasteiger partial charge in [0.2, 0.25) is 5.88 Å².